The molecule has 0 aromatic rings. The Morgan fingerprint density at radius 3 is 2.12 bits per heavy atom. The molecule has 0 aliphatic carbocycles. The summed E-state index contributed by atoms with van der Waals surface area (Å²) in [5.41, 5.74) is 5.43. The van der Waals surface area contributed by atoms with Gasteiger partial charge >= 0.3 is 0 Å². The molecular formula is C5H7ClN2. The van der Waals surface area contributed by atoms with Crippen molar-refractivity contribution in [2.75, 3.05) is 0 Å². The molecule has 0 fully saturated rings. The van der Waals surface area contributed by atoms with Crippen LogP contribution in [0.1, 0.15) is 0 Å². The van der Waals surface area contributed by atoms with Crippen molar-refractivity contribution in [2.45, 2.75) is 5.00 Å². The molecule has 0 aromatic carbocycles. The first-order valence-electron chi connectivity index (χ1n) is 2.30. The zero-order chi connectivity index (χ0) is 6.04. The third-order valence-corrected chi connectivity index (χ3v) is 1.12. The van der Waals surface area contributed by atoms with Crippen LogP contribution in [0.25, 0.3) is 0 Å². The lowest BCUT2D eigenvalue weighted by atomic mass is 10.2. The summed E-state index contributed by atoms with van der Waals surface area (Å²) in [6, 6.07) is 0. The highest BCUT2D eigenvalue weighted by atomic mass is 35.5. The third-order valence-electron chi connectivity index (χ3n) is 0.870. The Balaban J connectivity index is 2.69. The fourth-order valence-corrected chi connectivity index (χ4v) is 0.589. The van der Waals surface area contributed by atoms with Crippen molar-refractivity contribution in [1.82, 2.24) is 5.32 Å². The Kier molecular flexibility index (Phi) is 1.27. The molecule has 0 atom stereocenters. The summed E-state index contributed by atoms with van der Waals surface area (Å²) in [5, 5.41) is 2.81. The zero-order valence-electron chi connectivity index (χ0n) is 4.26. The van der Waals surface area contributed by atoms with E-state index in [4.69, 9.17) is 17.3 Å². The summed E-state index contributed by atoms with van der Waals surface area (Å²) in [7, 11) is 0. The van der Waals surface area contributed by atoms with Crippen molar-refractivity contribution in [3.63, 3.8) is 0 Å². The lowest BCUT2D eigenvalue weighted by molar-refractivity contribution is 0.884. The van der Waals surface area contributed by atoms with Crippen molar-refractivity contribution < 1.29 is 0 Å². The van der Waals surface area contributed by atoms with Gasteiger partial charge in [0.05, 0.1) is 0 Å². The van der Waals surface area contributed by atoms with Crippen LogP contribution in [0.5, 0.6) is 0 Å². The highest BCUT2D eigenvalue weighted by molar-refractivity contribution is 6.26. The topological polar surface area (TPSA) is 38.0 Å². The molecule has 0 saturated carbocycles. The van der Waals surface area contributed by atoms with Crippen LogP contribution in [0.2, 0.25) is 0 Å². The quantitative estimate of drug-likeness (QED) is 0.371. The smallest absolute Gasteiger partial charge is 0.132 e. The van der Waals surface area contributed by atoms with Crippen LogP contribution < -0.4 is 11.1 Å². The van der Waals surface area contributed by atoms with Gasteiger partial charge < -0.3 is 11.1 Å². The molecule has 8 heavy (non-hydrogen) atoms. The Morgan fingerprint density at radius 2 is 1.88 bits per heavy atom. The molecule has 0 aromatic heterocycles. The van der Waals surface area contributed by atoms with E-state index in [-0.39, 0.29) is 0 Å². The summed E-state index contributed by atoms with van der Waals surface area (Å²) in [5.74, 6) is 0. The molecule has 2 nitrogen and oxygen atoms in total. The summed E-state index contributed by atoms with van der Waals surface area (Å²) < 4.78 is 0. The molecule has 1 aliphatic rings. The van der Waals surface area contributed by atoms with Gasteiger partial charge in [-0.15, -0.1) is 0 Å². The van der Waals surface area contributed by atoms with E-state index in [9.17, 15) is 0 Å². The maximum absolute atomic E-state index is 5.64. The van der Waals surface area contributed by atoms with E-state index in [0.717, 1.165) is 0 Å². The number of nitrogens with one attached hydrogen (secondary N) is 1. The van der Waals surface area contributed by atoms with Crippen LogP contribution in [0.4, 0.5) is 0 Å². The molecule has 1 rings (SSSR count). The van der Waals surface area contributed by atoms with Crippen molar-refractivity contribution in [3.8, 4) is 0 Å². The molecule has 0 amide bonds. The Bertz CT molecular complexity index is 123. The summed E-state index contributed by atoms with van der Waals surface area (Å²) in [6.07, 6.45) is 6.75. The highest BCUT2D eigenvalue weighted by Crippen LogP contribution is 2.11. The van der Waals surface area contributed by atoms with Crippen LogP contribution in [0.3, 0.4) is 0 Å². The normalized spacial score (nSPS) is 22.8. The summed E-state index contributed by atoms with van der Waals surface area (Å²) in [4.78, 5) is -0.773. The molecular weight excluding hydrogens is 124 g/mol. The third kappa shape index (κ3) is 1.25. The van der Waals surface area contributed by atoms with Gasteiger partial charge in [-0.05, 0) is 24.6 Å². The Morgan fingerprint density at radius 1 is 1.38 bits per heavy atom. The molecule has 0 unspecified atom stereocenters. The largest absolute Gasteiger partial charge is 0.368 e. The van der Waals surface area contributed by atoms with Crippen LogP contribution in [0, 0.1) is 0 Å². The number of dihydropyridines is 1. The van der Waals surface area contributed by atoms with Crippen molar-refractivity contribution in [3.05, 3.63) is 24.6 Å². The second kappa shape index (κ2) is 1.80. The fraction of sp³-hybridized carbons (Fsp3) is 0.200. The molecule has 1 aliphatic heterocycles. The molecule has 1 heterocycles. The van der Waals surface area contributed by atoms with Gasteiger partial charge in [0.25, 0.3) is 0 Å². The van der Waals surface area contributed by atoms with Crippen LogP contribution in [0.15, 0.2) is 24.6 Å². The maximum atomic E-state index is 5.64. The lowest BCUT2D eigenvalue weighted by Gasteiger charge is -2.14. The Hall–Kier alpha value is -0.470. The van der Waals surface area contributed by atoms with E-state index in [2.05, 4.69) is 5.32 Å². The average molecular weight is 131 g/mol. The summed E-state index contributed by atoms with van der Waals surface area (Å²) in [6.45, 7) is 0. The average Bonchev–Trinajstić information content (AvgIpc) is 1.65. The number of alkyl halides is 1. The minimum absolute atomic E-state index is 0.773. The minimum Gasteiger partial charge on any atom is -0.368 e. The van der Waals surface area contributed by atoms with E-state index >= 15 is 0 Å². The van der Waals surface area contributed by atoms with Crippen molar-refractivity contribution >= 4 is 11.6 Å². The van der Waals surface area contributed by atoms with Gasteiger partial charge in [-0.1, -0.05) is 11.6 Å². The number of hydrogen-bond acceptors (Lipinski definition) is 2. The molecule has 44 valence electrons. The first kappa shape index (κ1) is 5.66. The molecule has 0 radical (unpaired) electrons. The van der Waals surface area contributed by atoms with E-state index in [1.165, 1.54) is 0 Å². The maximum Gasteiger partial charge on any atom is 0.132 e. The standard InChI is InChI=1S/C5H7ClN2/c6-5(7)1-3-8-4-2-5/h1-4,8H,7H2. The van der Waals surface area contributed by atoms with E-state index in [0.29, 0.717) is 0 Å². The van der Waals surface area contributed by atoms with E-state index < -0.39 is 5.00 Å². The van der Waals surface area contributed by atoms with Gasteiger partial charge in [-0.3, -0.25) is 0 Å². The predicted octanol–water partition coefficient (Wildman–Crippen LogP) is 0.511. The van der Waals surface area contributed by atoms with Crippen LogP contribution in [-0.2, 0) is 0 Å². The van der Waals surface area contributed by atoms with Gasteiger partial charge in [-0.2, -0.15) is 0 Å². The van der Waals surface area contributed by atoms with Gasteiger partial charge in [0.1, 0.15) is 5.00 Å². The van der Waals surface area contributed by atoms with Gasteiger partial charge in [0.15, 0.2) is 0 Å². The number of hydrogen-bond donors (Lipinski definition) is 2. The van der Waals surface area contributed by atoms with E-state index in [1.807, 2.05) is 0 Å². The van der Waals surface area contributed by atoms with Gasteiger partial charge in [0.2, 0.25) is 0 Å². The zero-order valence-corrected chi connectivity index (χ0v) is 5.02. The monoisotopic (exact) mass is 130 g/mol. The second-order valence-electron chi connectivity index (χ2n) is 1.66. The molecule has 0 saturated heterocycles. The molecule has 0 spiro atoms. The van der Waals surface area contributed by atoms with Crippen molar-refractivity contribution in [2.24, 2.45) is 5.73 Å². The van der Waals surface area contributed by atoms with Crippen molar-refractivity contribution in [1.29, 1.82) is 0 Å². The fourth-order valence-electron chi connectivity index (χ4n) is 0.463. The predicted molar refractivity (Wildman–Crippen MR) is 34.2 cm³/mol. The molecule has 3 N–H and O–H groups in total. The molecule has 3 heteroatoms. The lowest BCUT2D eigenvalue weighted by Crippen LogP contribution is -2.30. The van der Waals surface area contributed by atoms with E-state index in [1.54, 1.807) is 24.6 Å². The van der Waals surface area contributed by atoms with Crippen LogP contribution >= 0.6 is 11.6 Å². The SMILES string of the molecule is NC1(Cl)C=CNC=C1. The number of rotatable bonds is 0. The van der Waals surface area contributed by atoms with Gasteiger partial charge in [0, 0.05) is 0 Å². The Labute approximate surface area is 53.0 Å². The first-order chi connectivity index (χ1) is 3.71. The number of halogens is 1. The van der Waals surface area contributed by atoms with Gasteiger partial charge in [-0.25, -0.2) is 0 Å². The molecule has 0 bridgehead atoms. The minimum atomic E-state index is -0.773. The first-order valence-corrected chi connectivity index (χ1v) is 2.68. The van der Waals surface area contributed by atoms with Crippen LogP contribution in [-0.4, -0.2) is 5.00 Å². The number of nitrogens with two attached hydrogens (primary N) is 1. The highest BCUT2D eigenvalue weighted by Gasteiger charge is 2.13. The summed E-state index contributed by atoms with van der Waals surface area (Å²) >= 11 is 5.64. The second-order valence-corrected chi connectivity index (χ2v) is 2.32.